The Bertz CT molecular complexity index is 1380. The van der Waals surface area contributed by atoms with Gasteiger partial charge >= 0.3 is 19.2 Å². The molecule has 0 saturated heterocycles. The maximum Gasteiger partial charge on any atom is 0.543 e. The number of aromatic nitrogens is 1. The molecule has 3 atom stereocenters. The van der Waals surface area contributed by atoms with Gasteiger partial charge in [0.2, 0.25) is 0 Å². The number of carboxylic acid groups (broad SMARTS) is 1. The minimum absolute atomic E-state index is 0.0570. The molecule has 0 aliphatic heterocycles. The van der Waals surface area contributed by atoms with Gasteiger partial charge < -0.3 is 10.2 Å². The summed E-state index contributed by atoms with van der Waals surface area (Å²) in [4.78, 5) is 17.5. The number of aliphatic carboxylic acids is 1. The number of hydrogen-bond donors (Lipinski definition) is 2. The van der Waals surface area contributed by atoms with Crippen molar-refractivity contribution in [2.75, 3.05) is 7.11 Å². The second-order valence-electron chi connectivity index (χ2n) is 9.04. The topological polar surface area (TPSA) is 96.7 Å². The molecule has 1 aliphatic rings. The second kappa shape index (κ2) is 9.55. The van der Waals surface area contributed by atoms with E-state index in [-0.39, 0.29) is 11.5 Å². The molecule has 0 amide bonds. The van der Waals surface area contributed by atoms with Crippen molar-refractivity contribution < 1.29 is 28.5 Å². The van der Waals surface area contributed by atoms with Crippen LogP contribution in [0.5, 0.6) is 0 Å². The van der Waals surface area contributed by atoms with Gasteiger partial charge in [-0.1, -0.05) is 42.5 Å². The normalized spacial score (nSPS) is 16.9. The zero-order chi connectivity index (χ0) is 26.3. The molecular weight excluding hydrogens is 480 g/mol. The van der Waals surface area contributed by atoms with Gasteiger partial charge in [-0.05, 0) is 66.0 Å². The van der Waals surface area contributed by atoms with E-state index in [0.29, 0.717) is 28.1 Å². The molecular formula is C28H26FNO5P+. The predicted molar refractivity (Wildman–Crippen MR) is 135 cm³/mol. The van der Waals surface area contributed by atoms with E-state index in [9.17, 15) is 24.0 Å². The lowest BCUT2D eigenvalue weighted by Gasteiger charge is -2.34. The van der Waals surface area contributed by atoms with Crippen LogP contribution in [-0.4, -0.2) is 33.4 Å². The number of rotatable bonds is 8. The summed E-state index contributed by atoms with van der Waals surface area (Å²) in [6.45, 7) is 3.05. The van der Waals surface area contributed by atoms with Crippen LogP contribution in [0.1, 0.15) is 42.5 Å². The maximum atomic E-state index is 13.9. The summed E-state index contributed by atoms with van der Waals surface area (Å²) in [7, 11) is -1.98. The molecule has 1 aliphatic carbocycles. The summed E-state index contributed by atoms with van der Waals surface area (Å²) in [5, 5.41) is 19.7. The van der Waals surface area contributed by atoms with Gasteiger partial charge in [0.05, 0.1) is 18.5 Å². The highest BCUT2D eigenvalue weighted by molar-refractivity contribution is 7.43. The van der Waals surface area contributed by atoms with Crippen LogP contribution in [0.3, 0.4) is 0 Å². The number of carbonyl (C=O) groups is 1. The van der Waals surface area contributed by atoms with Gasteiger partial charge in [0.25, 0.3) is 0 Å². The van der Waals surface area contributed by atoms with Gasteiger partial charge in [-0.15, -0.1) is 10.9 Å². The Morgan fingerprint density at radius 3 is 2.28 bits per heavy atom. The Morgan fingerprint density at radius 1 is 1.17 bits per heavy atom. The van der Waals surface area contributed by atoms with Crippen molar-refractivity contribution in [1.29, 1.82) is 0 Å². The maximum absolute atomic E-state index is 13.9. The van der Waals surface area contributed by atoms with Gasteiger partial charge in [-0.25, -0.2) is 9.18 Å². The summed E-state index contributed by atoms with van der Waals surface area (Å²) < 4.78 is 31.9. The van der Waals surface area contributed by atoms with Crippen LogP contribution in [0, 0.1) is 25.1 Å². The van der Waals surface area contributed by atoms with Crippen LogP contribution in [0.15, 0.2) is 54.6 Å². The number of nitrogens with zero attached hydrogens (tertiary/aromatic N) is 1. The van der Waals surface area contributed by atoms with Gasteiger partial charge in [-0.2, -0.15) is 0 Å². The number of carboxylic acids is 1. The van der Waals surface area contributed by atoms with Crippen molar-refractivity contribution in [3.63, 3.8) is 0 Å². The van der Waals surface area contributed by atoms with Crippen LogP contribution < -0.4 is 0 Å². The molecule has 1 aromatic heterocycles. The van der Waals surface area contributed by atoms with Crippen LogP contribution >= 0.6 is 8.03 Å². The fourth-order valence-electron chi connectivity index (χ4n) is 4.73. The van der Waals surface area contributed by atoms with E-state index in [4.69, 9.17) is 15.9 Å². The molecule has 0 bridgehead atoms. The fraction of sp³-hybridized carbons (Fsp3) is 0.286. The lowest BCUT2D eigenvalue weighted by molar-refractivity contribution is -0.145. The Balaban J connectivity index is 2.17. The molecule has 0 radical (unpaired) electrons. The van der Waals surface area contributed by atoms with Gasteiger partial charge in [-0.3, -0.25) is 4.98 Å². The lowest BCUT2D eigenvalue weighted by atomic mass is 9.75. The summed E-state index contributed by atoms with van der Waals surface area (Å²) in [6, 6.07) is 15.1. The number of terminal acetylenes is 1. The molecule has 1 heterocycles. The van der Waals surface area contributed by atoms with Crippen molar-refractivity contribution in [2.45, 2.75) is 43.4 Å². The molecule has 36 heavy (non-hydrogen) atoms. The first-order valence-corrected chi connectivity index (χ1v) is 12.6. The number of benzene rings is 2. The molecule has 8 heteroatoms. The van der Waals surface area contributed by atoms with E-state index < -0.39 is 30.6 Å². The zero-order valence-corrected chi connectivity index (χ0v) is 21.1. The van der Waals surface area contributed by atoms with Gasteiger partial charge in [0.1, 0.15) is 5.82 Å². The SMILES string of the molecule is C#CC(C(=O)O)([P+](=O)OC)C(C)(O)c1c(C2CC2)nc(-c2ccccc2)c(C)c1-c1ccc(F)cc1. The third kappa shape index (κ3) is 4.02. The number of aliphatic hydroxyl groups is 1. The second-order valence-corrected chi connectivity index (χ2v) is 10.6. The number of halogens is 1. The molecule has 2 aromatic carbocycles. The molecule has 1 fully saturated rings. The van der Waals surface area contributed by atoms with E-state index in [2.05, 4.69) is 5.92 Å². The highest BCUT2D eigenvalue weighted by atomic mass is 31.1. The summed E-state index contributed by atoms with van der Waals surface area (Å²) in [5.41, 5.74) is 1.39. The van der Waals surface area contributed by atoms with Gasteiger partial charge in [0, 0.05) is 17.0 Å². The van der Waals surface area contributed by atoms with Crippen molar-refractivity contribution in [3.8, 4) is 34.7 Å². The first-order chi connectivity index (χ1) is 17.1. The molecule has 6 nitrogen and oxygen atoms in total. The Morgan fingerprint density at radius 2 is 1.78 bits per heavy atom. The van der Waals surface area contributed by atoms with Crippen molar-refractivity contribution in [1.82, 2.24) is 4.98 Å². The zero-order valence-electron chi connectivity index (χ0n) is 20.2. The first kappa shape index (κ1) is 25.7. The van der Waals surface area contributed by atoms with Crippen molar-refractivity contribution >= 4 is 14.0 Å². The first-order valence-electron chi connectivity index (χ1n) is 11.4. The average molecular weight is 506 g/mol. The smallest absolute Gasteiger partial charge is 0.477 e. The van der Waals surface area contributed by atoms with Gasteiger partial charge in [0.15, 0.2) is 5.60 Å². The largest absolute Gasteiger partial charge is 0.543 e. The molecule has 2 N–H and O–H groups in total. The predicted octanol–water partition coefficient (Wildman–Crippen LogP) is 5.79. The standard InChI is InChI=1S/C28H25FNO5P/c1-5-28(26(31)32,36(34)35-4)27(3,33)23-22(18-13-15-21(29)16-14-18)17(2)24(19-9-7-6-8-10-19)30-25(23)20-11-12-20/h1,6-10,13-16,20,33H,11-12H2,2-4H3/p+1. The Labute approximate surface area is 210 Å². The Kier molecular flexibility index (Phi) is 6.81. The summed E-state index contributed by atoms with van der Waals surface area (Å²) in [5.74, 6) is -0.0649. The average Bonchev–Trinajstić information content (AvgIpc) is 3.70. The highest BCUT2D eigenvalue weighted by Gasteiger charge is 2.71. The molecule has 1 saturated carbocycles. The minimum atomic E-state index is -3.06. The van der Waals surface area contributed by atoms with E-state index in [1.54, 1.807) is 19.1 Å². The van der Waals surface area contributed by atoms with E-state index in [0.717, 1.165) is 25.5 Å². The highest BCUT2D eigenvalue weighted by Crippen LogP contribution is 2.57. The number of hydrogen-bond acceptors (Lipinski definition) is 5. The number of pyridine rings is 1. The van der Waals surface area contributed by atoms with Crippen LogP contribution in [-0.2, 0) is 19.5 Å². The van der Waals surface area contributed by atoms with E-state index in [1.165, 1.54) is 19.1 Å². The van der Waals surface area contributed by atoms with Crippen LogP contribution in [0.25, 0.3) is 22.4 Å². The van der Waals surface area contributed by atoms with E-state index >= 15 is 0 Å². The van der Waals surface area contributed by atoms with E-state index in [1.807, 2.05) is 30.3 Å². The molecule has 4 rings (SSSR count). The van der Waals surface area contributed by atoms with Crippen LogP contribution in [0.2, 0.25) is 0 Å². The monoisotopic (exact) mass is 506 g/mol. The molecule has 184 valence electrons. The third-order valence-electron chi connectivity index (χ3n) is 6.76. The summed E-state index contributed by atoms with van der Waals surface area (Å²) >= 11 is 0. The van der Waals surface area contributed by atoms with Crippen LogP contribution in [0.4, 0.5) is 4.39 Å². The molecule has 0 spiro atoms. The van der Waals surface area contributed by atoms with Crippen molar-refractivity contribution in [3.05, 3.63) is 77.2 Å². The summed E-state index contributed by atoms with van der Waals surface area (Å²) in [6.07, 6.45) is 7.25. The lowest BCUT2D eigenvalue weighted by Crippen LogP contribution is -2.53. The Hall–Kier alpha value is -3.43. The molecule has 3 unspecified atom stereocenters. The third-order valence-corrected chi connectivity index (χ3v) is 8.40. The molecule has 3 aromatic rings. The quantitative estimate of drug-likeness (QED) is 0.296. The fourth-order valence-corrected chi connectivity index (χ4v) is 5.73. The van der Waals surface area contributed by atoms with Crippen molar-refractivity contribution in [2.24, 2.45) is 0 Å². The minimum Gasteiger partial charge on any atom is -0.477 e.